The van der Waals surface area contributed by atoms with Crippen molar-refractivity contribution >= 4 is 22.0 Å². The van der Waals surface area contributed by atoms with Crippen molar-refractivity contribution < 1.29 is 27.5 Å². The van der Waals surface area contributed by atoms with Crippen molar-refractivity contribution in [2.45, 2.75) is 11.9 Å². The van der Waals surface area contributed by atoms with Crippen LogP contribution in [0, 0.1) is 0 Å². The maximum atomic E-state index is 11.6. The van der Waals surface area contributed by atoms with Crippen LogP contribution in [-0.4, -0.2) is 43.4 Å². The Balaban J connectivity index is 2.87. The molecule has 0 unspecified atom stereocenters. The van der Waals surface area contributed by atoms with Crippen molar-refractivity contribution in [2.75, 3.05) is 13.2 Å². The van der Waals surface area contributed by atoms with Crippen LogP contribution in [0.25, 0.3) is 0 Å². The number of hydrogen-bond donors (Lipinski definition) is 1. The Morgan fingerprint density at radius 2 is 2.05 bits per heavy atom. The number of nitrogens with two attached hydrogens (primary N) is 1. The number of hydrogen-bond acceptors (Lipinski definition) is 7. The summed E-state index contributed by atoms with van der Waals surface area (Å²) in [4.78, 5) is 22.6. The van der Waals surface area contributed by atoms with E-state index in [1.165, 1.54) is 7.05 Å². The smallest absolute Gasteiger partial charge is 0.344 e. The van der Waals surface area contributed by atoms with E-state index in [1.807, 2.05) is 0 Å². The molecule has 0 saturated carbocycles. The Labute approximate surface area is 109 Å². The lowest BCUT2D eigenvalue weighted by molar-refractivity contribution is -0.146. The van der Waals surface area contributed by atoms with Gasteiger partial charge in [0.05, 0.1) is 12.8 Å². The molecule has 1 aromatic heterocycles. The first kappa shape index (κ1) is 15.1. The van der Waals surface area contributed by atoms with E-state index in [0.717, 1.165) is 10.9 Å². The van der Waals surface area contributed by atoms with Crippen molar-refractivity contribution in [1.82, 2.24) is 9.78 Å². The first-order chi connectivity index (χ1) is 8.77. The topological polar surface area (TPSA) is 131 Å². The molecule has 1 aromatic rings. The molecule has 0 atom stereocenters. The third-order valence-corrected chi connectivity index (χ3v) is 3.02. The maximum Gasteiger partial charge on any atom is 0.344 e. The minimum Gasteiger partial charge on any atom is -0.463 e. The Morgan fingerprint density at radius 1 is 1.42 bits per heavy atom. The fourth-order valence-electron chi connectivity index (χ4n) is 1.31. The average molecular weight is 291 g/mol. The molecule has 106 valence electrons. The van der Waals surface area contributed by atoms with Crippen molar-refractivity contribution in [3.05, 3.63) is 11.8 Å². The van der Waals surface area contributed by atoms with Gasteiger partial charge >= 0.3 is 11.9 Å². The molecule has 0 aliphatic heterocycles. The molecule has 0 amide bonds. The molecule has 0 bridgehead atoms. The van der Waals surface area contributed by atoms with Crippen molar-refractivity contribution in [3.63, 3.8) is 0 Å². The molecule has 1 rings (SSSR count). The molecule has 1 heterocycles. The monoisotopic (exact) mass is 291 g/mol. The minimum absolute atomic E-state index is 0.145. The summed E-state index contributed by atoms with van der Waals surface area (Å²) in [5, 5.41) is 8.08. The Kier molecular flexibility index (Phi) is 4.62. The largest absolute Gasteiger partial charge is 0.463 e. The predicted molar refractivity (Wildman–Crippen MR) is 61.5 cm³/mol. The average Bonchev–Trinajstić information content (AvgIpc) is 2.68. The highest BCUT2D eigenvalue weighted by atomic mass is 32.2. The van der Waals surface area contributed by atoms with Crippen LogP contribution < -0.4 is 5.14 Å². The summed E-state index contributed by atoms with van der Waals surface area (Å²) >= 11 is 0. The second-order valence-corrected chi connectivity index (χ2v) is 4.89. The lowest BCUT2D eigenvalue weighted by atomic mass is 10.4. The summed E-state index contributed by atoms with van der Waals surface area (Å²) in [5.41, 5.74) is -0.339. The van der Waals surface area contributed by atoms with E-state index < -0.39 is 33.6 Å². The van der Waals surface area contributed by atoms with Crippen LogP contribution in [0.15, 0.2) is 11.2 Å². The van der Waals surface area contributed by atoms with Crippen LogP contribution in [0.5, 0.6) is 0 Å². The fraction of sp³-hybridized carbons (Fsp3) is 0.444. The number of aromatic nitrogens is 2. The van der Waals surface area contributed by atoms with Gasteiger partial charge in [-0.05, 0) is 6.92 Å². The van der Waals surface area contributed by atoms with Crippen molar-refractivity contribution in [1.29, 1.82) is 0 Å². The zero-order valence-electron chi connectivity index (χ0n) is 10.3. The van der Waals surface area contributed by atoms with E-state index in [9.17, 15) is 18.0 Å². The van der Waals surface area contributed by atoms with Gasteiger partial charge in [-0.3, -0.25) is 4.68 Å². The van der Waals surface area contributed by atoms with Gasteiger partial charge in [0.1, 0.15) is 5.56 Å². The number of rotatable bonds is 5. The molecule has 0 fully saturated rings. The highest BCUT2D eigenvalue weighted by molar-refractivity contribution is 7.89. The van der Waals surface area contributed by atoms with Crippen LogP contribution in [0.2, 0.25) is 0 Å². The zero-order valence-corrected chi connectivity index (χ0v) is 11.1. The standard InChI is InChI=1S/C9H13N3O6S/c1-3-17-7(13)5-18-9(14)6-4-11-12(2)8(6)19(10,15)16/h4H,3,5H2,1-2H3,(H2,10,15,16). The third-order valence-electron chi connectivity index (χ3n) is 2.00. The van der Waals surface area contributed by atoms with Gasteiger partial charge in [0.25, 0.3) is 10.0 Å². The molecular weight excluding hydrogens is 278 g/mol. The number of esters is 2. The highest BCUT2D eigenvalue weighted by Crippen LogP contribution is 2.13. The first-order valence-corrected chi connectivity index (χ1v) is 6.69. The van der Waals surface area contributed by atoms with Gasteiger partial charge in [-0.1, -0.05) is 0 Å². The van der Waals surface area contributed by atoms with Gasteiger partial charge in [-0.15, -0.1) is 0 Å². The first-order valence-electron chi connectivity index (χ1n) is 5.15. The quantitative estimate of drug-likeness (QED) is 0.673. The van der Waals surface area contributed by atoms with Crippen molar-refractivity contribution in [2.24, 2.45) is 12.2 Å². The summed E-state index contributed by atoms with van der Waals surface area (Å²) in [6.45, 7) is 1.12. The molecule has 0 spiro atoms. The molecule has 0 aromatic carbocycles. The van der Waals surface area contributed by atoms with Crippen LogP contribution >= 0.6 is 0 Å². The lowest BCUT2D eigenvalue weighted by Gasteiger charge is -2.05. The van der Waals surface area contributed by atoms with E-state index in [2.05, 4.69) is 14.6 Å². The fourth-order valence-corrected chi connectivity index (χ4v) is 2.17. The number of carbonyl (C=O) groups is 2. The SMILES string of the molecule is CCOC(=O)COC(=O)c1cnn(C)c1S(N)(=O)=O. The molecule has 0 aliphatic rings. The van der Waals surface area contributed by atoms with Crippen LogP contribution in [0.1, 0.15) is 17.3 Å². The zero-order chi connectivity index (χ0) is 14.6. The van der Waals surface area contributed by atoms with Gasteiger partial charge in [0.15, 0.2) is 11.6 Å². The van der Waals surface area contributed by atoms with E-state index >= 15 is 0 Å². The molecule has 19 heavy (non-hydrogen) atoms. The molecular formula is C9H13N3O6S. The summed E-state index contributed by atoms with van der Waals surface area (Å²) in [5.74, 6) is -1.76. The molecule has 2 N–H and O–H groups in total. The summed E-state index contributed by atoms with van der Waals surface area (Å²) in [6, 6.07) is 0. The van der Waals surface area contributed by atoms with Gasteiger partial charge < -0.3 is 9.47 Å². The van der Waals surface area contributed by atoms with Gasteiger partial charge in [-0.25, -0.2) is 23.1 Å². The molecule has 0 saturated heterocycles. The molecule has 9 nitrogen and oxygen atoms in total. The second-order valence-electron chi connectivity index (χ2n) is 3.41. The maximum absolute atomic E-state index is 11.6. The Morgan fingerprint density at radius 3 is 2.58 bits per heavy atom. The lowest BCUT2D eigenvalue weighted by Crippen LogP contribution is -2.22. The van der Waals surface area contributed by atoms with Gasteiger partial charge in [-0.2, -0.15) is 5.10 Å². The van der Waals surface area contributed by atoms with Crippen LogP contribution in [0.4, 0.5) is 0 Å². The molecule has 10 heteroatoms. The molecule has 0 radical (unpaired) electrons. The van der Waals surface area contributed by atoms with E-state index in [1.54, 1.807) is 6.92 Å². The highest BCUT2D eigenvalue weighted by Gasteiger charge is 2.25. The Hall–Kier alpha value is -1.94. The van der Waals surface area contributed by atoms with Gasteiger partial charge in [0, 0.05) is 7.05 Å². The Bertz CT molecular complexity index is 591. The summed E-state index contributed by atoms with van der Waals surface area (Å²) in [7, 11) is -2.82. The third kappa shape index (κ3) is 3.76. The van der Waals surface area contributed by atoms with Gasteiger partial charge in [0.2, 0.25) is 0 Å². The van der Waals surface area contributed by atoms with E-state index in [4.69, 9.17) is 5.14 Å². The number of carbonyl (C=O) groups excluding carboxylic acids is 2. The normalized spacial score (nSPS) is 11.1. The summed E-state index contributed by atoms with van der Waals surface area (Å²) < 4.78 is 32.7. The van der Waals surface area contributed by atoms with Crippen molar-refractivity contribution in [3.8, 4) is 0 Å². The van der Waals surface area contributed by atoms with Crippen LogP contribution in [0.3, 0.4) is 0 Å². The number of primary sulfonamides is 1. The second kappa shape index (κ2) is 5.80. The predicted octanol–water partition coefficient (Wildman–Crippen LogP) is -1.21. The minimum atomic E-state index is -4.13. The van der Waals surface area contributed by atoms with E-state index in [-0.39, 0.29) is 12.2 Å². The number of nitrogens with zero attached hydrogens (tertiary/aromatic N) is 2. The van der Waals surface area contributed by atoms with E-state index in [0.29, 0.717) is 0 Å². The number of aryl methyl sites for hydroxylation is 1. The number of sulfonamides is 1. The number of ether oxygens (including phenoxy) is 2. The summed E-state index contributed by atoms with van der Waals surface area (Å²) in [6.07, 6.45) is 0.993. The molecule has 0 aliphatic carbocycles. The van der Waals surface area contributed by atoms with Crippen LogP contribution in [-0.2, 0) is 31.3 Å².